The summed E-state index contributed by atoms with van der Waals surface area (Å²) in [6, 6.07) is 12.4. The van der Waals surface area contributed by atoms with Gasteiger partial charge in [-0.3, -0.25) is 4.79 Å². The second-order valence-electron chi connectivity index (χ2n) is 6.84. The fourth-order valence-electron chi connectivity index (χ4n) is 2.77. The molecule has 2 atom stereocenters. The second kappa shape index (κ2) is 8.19. The summed E-state index contributed by atoms with van der Waals surface area (Å²) in [6.45, 7) is 12.1. The Morgan fingerprint density at radius 2 is 1.68 bits per heavy atom. The molecule has 3 nitrogen and oxygen atoms in total. The number of carbonyl (C=O) groups is 1. The van der Waals surface area contributed by atoms with Crippen LogP contribution in [0.25, 0.3) is 0 Å². The maximum atomic E-state index is 12.6. The van der Waals surface area contributed by atoms with Crippen molar-refractivity contribution in [3.63, 3.8) is 0 Å². The first-order chi connectivity index (χ1) is 11.8. The minimum atomic E-state index is -0.541. The lowest BCUT2D eigenvalue weighted by Gasteiger charge is -2.22. The zero-order valence-corrected chi connectivity index (χ0v) is 16.1. The summed E-state index contributed by atoms with van der Waals surface area (Å²) in [5.74, 6) is 0.674. The summed E-state index contributed by atoms with van der Waals surface area (Å²) < 4.78 is 5.90. The summed E-state index contributed by atoms with van der Waals surface area (Å²) in [6.07, 6.45) is 0.297. The SMILES string of the molecule is CC[C@H](NC(=O)[C@H](C)Oc1cc(C)ccc1C)c1ccc(C)c(C)c1. The largest absolute Gasteiger partial charge is 0.481 e. The number of rotatable bonds is 6. The molecule has 3 heteroatoms. The van der Waals surface area contributed by atoms with Crippen LogP contribution in [0.1, 0.15) is 54.1 Å². The molecule has 0 unspecified atom stereocenters. The van der Waals surface area contributed by atoms with E-state index in [1.807, 2.05) is 32.0 Å². The summed E-state index contributed by atoms with van der Waals surface area (Å²) in [7, 11) is 0. The van der Waals surface area contributed by atoms with Gasteiger partial charge in [-0.2, -0.15) is 0 Å². The Morgan fingerprint density at radius 3 is 2.32 bits per heavy atom. The van der Waals surface area contributed by atoms with Gasteiger partial charge in [-0.05, 0) is 74.9 Å². The Hall–Kier alpha value is -2.29. The van der Waals surface area contributed by atoms with Gasteiger partial charge in [0.2, 0.25) is 0 Å². The Bertz CT molecular complexity index is 752. The van der Waals surface area contributed by atoms with Crippen LogP contribution in [0.5, 0.6) is 5.75 Å². The summed E-state index contributed by atoms with van der Waals surface area (Å²) in [4.78, 5) is 12.6. The van der Waals surface area contributed by atoms with E-state index >= 15 is 0 Å². The molecule has 0 aliphatic heterocycles. The molecule has 0 saturated carbocycles. The van der Waals surface area contributed by atoms with Crippen molar-refractivity contribution < 1.29 is 9.53 Å². The Balaban J connectivity index is 2.08. The standard InChI is InChI=1S/C22H29NO2/c1-7-20(19-11-10-15(3)17(5)13-19)23-22(24)18(6)25-21-12-14(2)8-9-16(21)4/h8-13,18,20H,7H2,1-6H3,(H,23,24)/t18-,20-/m0/s1. The molecule has 0 aliphatic rings. The number of hydrogen-bond acceptors (Lipinski definition) is 2. The Morgan fingerprint density at radius 1 is 1.00 bits per heavy atom. The third-order valence-corrected chi connectivity index (χ3v) is 4.67. The van der Waals surface area contributed by atoms with Crippen LogP contribution in [0.15, 0.2) is 36.4 Å². The van der Waals surface area contributed by atoms with E-state index in [1.165, 1.54) is 11.1 Å². The number of ether oxygens (including phenoxy) is 1. The zero-order valence-electron chi connectivity index (χ0n) is 16.1. The van der Waals surface area contributed by atoms with Crippen LogP contribution in [0.3, 0.4) is 0 Å². The summed E-state index contributed by atoms with van der Waals surface area (Å²) >= 11 is 0. The molecule has 0 aliphatic carbocycles. The van der Waals surface area contributed by atoms with Crippen LogP contribution in [0, 0.1) is 27.7 Å². The van der Waals surface area contributed by atoms with Crippen molar-refractivity contribution in [3.8, 4) is 5.75 Å². The van der Waals surface area contributed by atoms with E-state index in [4.69, 9.17) is 4.74 Å². The number of amides is 1. The Labute approximate surface area is 151 Å². The highest BCUT2D eigenvalue weighted by Crippen LogP contribution is 2.22. The first kappa shape index (κ1) is 19.0. The van der Waals surface area contributed by atoms with E-state index in [0.717, 1.165) is 28.9 Å². The highest BCUT2D eigenvalue weighted by atomic mass is 16.5. The smallest absolute Gasteiger partial charge is 0.261 e. The molecule has 0 spiro atoms. The minimum absolute atomic E-state index is 0.00328. The van der Waals surface area contributed by atoms with E-state index in [2.05, 4.69) is 44.3 Å². The van der Waals surface area contributed by atoms with Crippen LogP contribution in [0.4, 0.5) is 0 Å². The van der Waals surface area contributed by atoms with Gasteiger partial charge in [0.1, 0.15) is 5.75 Å². The maximum absolute atomic E-state index is 12.6. The van der Waals surface area contributed by atoms with Gasteiger partial charge in [0.05, 0.1) is 6.04 Å². The van der Waals surface area contributed by atoms with Crippen molar-refractivity contribution in [3.05, 3.63) is 64.2 Å². The Kier molecular flexibility index (Phi) is 6.24. The highest BCUT2D eigenvalue weighted by Gasteiger charge is 2.20. The topological polar surface area (TPSA) is 38.3 Å². The van der Waals surface area contributed by atoms with Gasteiger partial charge in [-0.15, -0.1) is 0 Å². The average molecular weight is 339 g/mol. The lowest BCUT2D eigenvalue weighted by atomic mass is 9.99. The zero-order chi connectivity index (χ0) is 18.6. The molecule has 2 aromatic rings. The molecule has 2 aromatic carbocycles. The molecule has 0 aromatic heterocycles. The van der Waals surface area contributed by atoms with Gasteiger partial charge in [0.25, 0.3) is 5.91 Å². The van der Waals surface area contributed by atoms with Crippen molar-refractivity contribution >= 4 is 5.91 Å². The van der Waals surface area contributed by atoms with Crippen molar-refractivity contribution in [2.24, 2.45) is 0 Å². The van der Waals surface area contributed by atoms with Gasteiger partial charge in [-0.1, -0.05) is 37.3 Å². The molecule has 134 valence electrons. The molecule has 1 N–H and O–H groups in total. The number of benzene rings is 2. The van der Waals surface area contributed by atoms with Gasteiger partial charge >= 0.3 is 0 Å². The number of hydrogen-bond donors (Lipinski definition) is 1. The number of aryl methyl sites for hydroxylation is 4. The molecular formula is C22H29NO2. The van der Waals surface area contributed by atoms with E-state index < -0.39 is 6.10 Å². The normalized spacial score (nSPS) is 13.2. The summed E-state index contributed by atoms with van der Waals surface area (Å²) in [5, 5.41) is 3.12. The minimum Gasteiger partial charge on any atom is -0.481 e. The molecule has 0 bridgehead atoms. The third-order valence-electron chi connectivity index (χ3n) is 4.67. The monoisotopic (exact) mass is 339 g/mol. The van der Waals surface area contributed by atoms with Crippen LogP contribution < -0.4 is 10.1 Å². The van der Waals surface area contributed by atoms with Gasteiger partial charge in [-0.25, -0.2) is 0 Å². The lowest BCUT2D eigenvalue weighted by Crippen LogP contribution is -2.38. The third kappa shape index (κ3) is 4.85. The van der Waals surface area contributed by atoms with E-state index in [9.17, 15) is 4.79 Å². The fourth-order valence-corrected chi connectivity index (χ4v) is 2.77. The van der Waals surface area contributed by atoms with E-state index in [0.29, 0.717) is 0 Å². The summed E-state index contributed by atoms with van der Waals surface area (Å²) in [5.41, 5.74) is 5.79. The first-order valence-corrected chi connectivity index (χ1v) is 8.93. The molecule has 0 fully saturated rings. The van der Waals surface area contributed by atoms with Crippen LogP contribution in [-0.4, -0.2) is 12.0 Å². The van der Waals surface area contributed by atoms with Crippen molar-refractivity contribution in [1.82, 2.24) is 5.32 Å². The lowest BCUT2D eigenvalue weighted by molar-refractivity contribution is -0.128. The van der Waals surface area contributed by atoms with Crippen LogP contribution >= 0.6 is 0 Å². The predicted molar refractivity (Wildman–Crippen MR) is 103 cm³/mol. The van der Waals surface area contributed by atoms with E-state index in [-0.39, 0.29) is 11.9 Å². The molecule has 0 heterocycles. The van der Waals surface area contributed by atoms with Crippen molar-refractivity contribution in [2.45, 2.75) is 60.1 Å². The quantitative estimate of drug-likeness (QED) is 0.808. The molecule has 2 rings (SSSR count). The van der Waals surface area contributed by atoms with Crippen LogP contribution in [-0.2, 0) is 4.79 Å². The van der Waals surface area contributed by atoms with Crippen molar-refractivity contribution in [1.29, 1.82) is 0 Å². The predicted octanol–water partition coefficient (Wildman–Crippen LogP) is 4.96. The molecule has 0 saturated heterocycles. The molecule has 1 amide bonds. The van der Waals surface area contributed by atoms with E-state index in [1.54, 1.807) is 6.92 Å². The second-order valence-corrected chi connectivity index (χ2v) is 6.84. The molecular weight excluding hydrogens is 310 g/mol. The van der Waals surface area contributed by atoms with Gasteiger partial charge in [0.15, 0.2) is 6.10 Å². The molecule has 0 radical (unpaired) electrons. The highest BCUT2D eigenvalue weighted by molar-refractivity contribution is 5.81. The molecule has 25 heavy (non-hydrogen) atoms. The average Bonchev–Trinajstić information content (AvgIpc) is 2.58. The van der Waals surface area contributed by atoms with Gasteiger partial charge in [0, 0.05) is 0 Å². The van der Waals surface area contributed by atoms with Crippen molar-refractivity contribution in [2.75, 3.05) is 0 Å². The maximum Gasteiger partial charge on any atom is 0.261 e. The first-order valence-electron chi connectivity index (χ1n) is 8.93. The number of carbonyl (C=O) groups excluding carboxylic acids is 1. The van der Waals surface area contributed by atoms with Gasteiger partial charge < -0.3 is 10.1 Å². The van der Waals surface area contributed by atoms with Crippen LogP contribution in [0.2, 0.25) is 0 Å². The number of nitrogens with one attached hydrogen (secondary N) is 1. The fraction of sp³-hybridized carbons (Fsp3) is 0.409.